The Kier molecular flexibility index (Phi) is 4.24. The third kappa shape index (κ3) is 3.02. The summed E-state index contributed by atoms with van der Waals surface area (Å²) < 4.78 is 5.96. The topological polar surface area (TPSA) is 58.6 Å². The fourth-order valence-electron chi connectivity index (χ4n) is 2.89. The zero-order valence-corrected chi connectivity index (χ0v) is 13.4. The summed E-state index contributed by atoms with van der Waals surface area (Å²) in [6.45, 7) is 3.95. The molecular weight excluding hydrogens is 290 g/mol. The van der Waals surface area contributed by atoms with Gasteiger partial charge in [-0.3, -0.25) is 0 Å². The first-order chi connectivity index (χ1) is 11.1. The van der Waals surface area contributed by atoms with E-state index in [0.29, 0.717) is 0 Å². The summed E-state index contributed by atoms with van der Waals surface area (Å²) in [7, 11) is 0. The molecule has 0 radical (unpaired) electrons. The highest BCUT2D eigenvalue weighted by atomic mass is 16.5. The lowest BCUT2D eigenvalue weighted by Gasteiger charge is -2.26. The Balaban J connectivity index is 1.93. The lowest BCUT2D eigenvalue weighted by molar-refractivity contribution is -0.139. The van der Waals surface area contributed by atoms with Crippen LogP contribution in [0.25, 0.3) is 0 Å². The number of benzene rings is 2. The summed E-state index contributed by atoms with van der Waals surface area (Å²) in [4.78, 5) is 11.6. The van der Waals surface area contributed by atoms with Gasteiger partial charge in [-0.25, -0.2) is 4.79 Å². The van der Waals surface area contributed by atoms with Crippen LogP contribution in [0.2, 0.25) is 0 Å². The van der Waals surface area contributed by atoms with E-state index >= 15 is 0 Å². The molecule has 2 aromatic carbocycles. The second-order valence-corrected chi connectivity index (χ2v) is 6.01. The van der Waals surface area contributed by atoms with Gasteiger partial charge < -0.3 is 15.2 Å². The van der Waals surface area contributed by atoms with Crippen LogP contribution in [0, 0.1) is 5.92 Å². The lowest BCUT2D eigenvalue weighted by Crippen LogP contribution is -2.35. The summed E-state index contributed by atoms with van der Waals surface area (Å²) in [5.74, 6) is 0.880. The van der Waals surface area contributed by atoms with E-state index in [9.17, 15) is 9.90 Å². The van der Waals surface area contributed by atoms with Crippen LogP contribution in [0.15, 0.2) is 42.5 Å². The average Bonchev–Trinajstić information content (AvgIpc) is 2.57. The van der Waals surface area contributed by atoms with Gasteiger partial charge >= 0.3 is 5.97 Å². The molecule has 1 aliphatic rings. The van der Waals surface area contributed by atoms with Gasteiger partial charge in [0, 0.05) is 17.7 Å². The van der Waals surface area contributed by atoms with E-state index < -0.39 is 12.0 Å². The molecule has 1 heterocycles. The summed E-state index contributed by atoms with van der Waals surface area (Å²) in [5.41, 5.74) is 2.97. The molecule has 0 spiro atoms. The zero-order valence-electron chi connectivity index (χ0n) is 13.4. The van der Waals surface area contributed by atoms with Crippen molar-refractivity contribution in [3.63, 3.8) is 0 Å². The first-order valence-electron chi connectivity index (χ1n) is 7.97. The second kappa shape index (κ2) is 6.32. The minimum atomic E-state index is -0.825. The Bertz CT molecular complexity index is 726. The number of carbonyl (C=O) groups is 1. The van der Waals surface area contributed by atoms with Crippen molar-refractivity contribution in [1.82, 2.24) is 0 Å². The summed E-state index contributed by atoms with van der Waals surface area (Å²) in [5, 5.41) is 12.7. The molecule has 0 bridgehead atoms. The van der Waals surface area contributed by atoms with Gasteiger partial charge in [0.05, 0.1) is 0 Å². The van der Waals surface area contributed by atoms with E-state index in [1.54, 1.807) is 0 Å². The molecule has 0 fully saturated rings. The Morgan fingerprint density at radius 3 is 2.70 bits per heavy atom. The van der Waals surface area contributed by atoms with Crippen molar-refractivity contribution in [2.45, 2.75) is 32.7 Å². The zero-order chi connectivity index (χ0) is 16.4. The number of anilines is 1. The molecule has 4 nitrogen and oxygen atoms in total. The maximum absolute atomic E-state index is 11.6. The molecule has 23 heavy (non-hydrogen) atoms. The van der Waals surface area contributed by atoms with Crippen molar-refractivity contribution in [2.75, 3.05) is 5.32 Å². The number of carboxylic acids is 1. The van der Waals surface area contributed by atoms with Crippen LogP contribution in [0.4, 0.5) is 5.69 Å². The summed E-state index contributed by atoms with van der Waals surface area (Å²) in [6.07, 6.45) is 1.54. The van der Waals surface area contributed by atoms with Gasteiger partial charge in [-0.05, 0) is 29.7 Å². The van der Waals surface area contributed by atoms with Crippen LogP contribution in [0.3, 0.4) is 0 Å². The van der Waals surface area contributed by atoms with Gasteiger partial charge in [0.2, 0.25) is 0 Å². The Morgan fingerprint density at radius 2 is 1.96 bits per heavy atom. The standard InChI is InChI=1S/C19H21NO3/c1-3-12(2)18(19(21)22)20-15-8-6-10-17-14(15)11-13-7-4-5-9-16(13)23-17/h4-10,12,18,20H,3,11H2,1-2H3,(H,21,22)/t12-,18-/m0/s1. The molecule has 0 saturated heterocycles. The molecule has 4 heteroatoms. The number of ether oxygens (including phenoxy) is 1. The molecule has 2 atom stereocenters. The number of hydrogen-bond donors (Lipinski definition) is 2. The monoisotopic (exact) mass is 311 g/mol. The quantitative estimate of drug-likeness (QED) is 0.738. The highest BCUT2D eigenvalue weighted by Crippen LogP contribution is 2.40. The van der Waals surface area contributed by atoms with Crippen molar-refractivity contribution in [2.24, 2.45) is 5.92 Å². The van der Waals surface area contributed by atoms with E-state index in [2.05, 4.69) is 5.32 Å². The van der Waals surface area contributed by atoms with Gasteiger partial charge in [-0.1, -0.05) is 44.5 Å². The normalized spacial score (nSPS) is 14.9. The maximum atomic E-state index is 11.6. The fourth-order valence-corrected chi connectivity index (χ4v) is 2.89. The predicted octanol–water partition coefficient (Wildman–Crippen LogP) is 4.29. The van der Waals surface area contributed by atoms with Crippen LogP contribution in [0.5, 0.6) is 11.5 Å². The largest absolute Gasteiger partial charge is 0.480 e. The van der Waals surface area contributed by atoms with Crippen molar-refractivity contribution in [3.05, 3.63) is 53.6 Å². The van der Waals surface area contributed by atoms with Crippen LogP contribution in [-0.2, 0) is 11.2 Å². The van der Waals surface area contributed by atoms with Gasteiger partial charge in [0.1, 0.15) is 17.5 Å². The molecule has 2 aromatic rings. The van der Waals surface area contributed by atoms with Crippen molar-refractivity contribution in [3.8, 4) is 11.5 Å². The number of fused-ring (bicyclic) bond motifs is 2. The van der Waals surface area contributed by atoms with E-state index in [1.807, 2.05) is 56.3 Å². The number of nitrogens with one attached hydrogen (secondary N) is 1. The molecule has 2 N–H and O–H groups in total. The Morgan fingerprint density at radius 1 is 1.22 bits per heavy atom. The Labute approximate surface area is 136 Å². The number of carboxylic acid groups (broad SMARTS) is 1. The first kappa shape index (κ1) is 15.4. The van der Waals surface area contributed by atoms with Crippen LogP contribution >= 0.6 is 0 Å². The average molecular weight is 311 g/mol. The van der Waals surface area contributed by atoms with E-state index in [1.165, 1.54) is 0 Å². The second-order valence-electron chi connectivity index (χ2n) is 6.01. The van der Waals surface area contributed by atoms with Gasteiger partial charge in [0.25, 0.3) is 0 Å². The fraction of sp³-hybridized carbons (Fsp3) is 0.316. The third-order valence-corrected chi connectivity index (χ3v) is 4.48. The molecule has 0 saturated carbocycles. The number of rotatable bonds is 5. The SMILES string of the molecule is CC[C@H](C)[C@H](Nc1cccc2c1Cc1ccccc1O2)C(=O)O. The molecule has 1 aliphatic heterocycles. The predicted molar refractivity (Wildman–Crippen MR) is 90.3 cm³/mol. The number of para-hydroxylation sites is 1. The molecule has 0 aromatic heterocycles. The van der Waals surface area contributed by atoms with Crippen LogP contribution in [0.1, 0.15) is 31.4 Å². The highest BCUT2D eigenvalue weighted by molar-refractivity contribution is 5.79. The lowest BCUT2D eigenvalue weighted by atomic mass is 9.96. The molecular formula is C19H21NO3. The minimum Gasteiger partial charge on any atom is -0.480 e. The smallest absolute Gasteiger partial charge is 0.326 e. The summed E-state index contributed by atoms with van der Waals surface area (Å²) >= 11 is 0. The van der Waals surface area contributed by atoms with Crippen molar-refractivity contribution < 1.29 is 14.6 Å². The van der Waals surface area contributed by atoms with E-state index in [0.717, 1.165) is 41.2 Å². The first-order valence-corrected chi connectivity index (χ1v) is 7.97. The Hall–Kier alpha value is -2.49. The van der Waals surface area contributed by atoms with E-state index in [4.69, 9.17) is 4.74 Å². The maximum Gasteiger partial charge on any atom is 0.326 e. The van der Waals surface area contributed by atoms with Gasteiger partial charge in [0.15, 0.2) is 0 Å². The number of aliphatic carboxylic acids is 1. The van der Waals surface area contributed by atoms with Crippen LogP contribution < -0.4 is 10.1 Å². The molecule has 120 valence electrons. The van der Waals surface area contributed by atoms with Gasteiger partial charge in [-0.15, -0.1) is 0 Å². The van der Waals surface area contributed by atoms with Gasteiger partial charge in [-0.2, -0.15) is 0 Å². The number of hydrogen-bond acceptors (Lipinski definition) is 3. The molecule has 0 unspecified atom stereocenters. The molecule has 3 rings (SSSR count). The third-order valence-electron chi connectivity index (χ3n) is 4.48. The molecule has 0 amide bonds. The van der Waals surface area contributed by atoms with Crippen molar-refractivity contribution >= 4 is 11.7 Å². The molecule has 0 aliphatic carbocycles. The minimum absolute atomic E-state index is 0.0418. The van der Waals surface area contributed by atoms with Crippen molar-refractivity contribution in [1.29, 1.82) is 0 Å². The highest BCUT2D eigenvalue weighted by Gasteiger charge is 2.26. The summed E-state index contributed by atoms with van der Waals surface area (Å²) in [6, 6.07) is 13.1. The van der Waals surface area contributed by atoms with Crippen LogP contribution in [-0.4, -0.2) is 17.1 Å². The van der Waals surface area contributed by atoms with E-state index in [-0.39, 0.29) is 5.92 Å².